The first-order valence-electron chi connectivity index (χ1n) is 6.42. The van der Waals surface area contributed by atoms with Crippen LogP contribution in [0.3, 0.4) is 0 Å². The quantitative estimate of drug-likeness (QED) is 0.912. The van der Waals surface area contributed by atoms with Gasteiger partial charge < -0.3 is 10.1 Å². The van der Waals surface area contributed by atoms with Gasteiger partial charge in [-0.25, -0.2) is 0 Å². The SMILES string of the molecule is CNc1nc(OC(C)C)nc(Sc2cccc(C)c2)n1. The molecule has 0 saturated carbocycles. The Balaban J connectivity index is 2.26. The average molecular weight is 290 g/mol. The first kappa shape index (κ1) is 14.6. The largest absolute Gasteiger partial charge is 0.461 e. The molecule has 0 radical (unpaired) electrons. The fourth-order valence-corrected chi connectivity index (χ4v) is 2.40. The van der Waals surface area contributed by atoms with Crippen molar-refractivity contribution in [1.29, 1.82) is 0 Å². The Morgan fingerprint density at radius 3 is 2.65 bits per heavy atom. The predicted octanol–water partition coefficient (Wildman–Crippen LogP) is 3.16. The first-order chi connectivity index (χ1) is 9.56. The van der Waals surface area contributed by atoms with E-state index in [9.17, 15) is 0 Å². The summed E-state index contributed by atoms with van der Waals surface area (Å²) in [5, 5.41) is 3.54. The molecule has 0 bridgehead atoms. The van der Waals surface area contributed by atoms with Crippen molar-refractivity contribution >= 4 is 17.7 Å². The van der Waals surface area contributed by atoms with E-state index in [1.807, 2.05) is 26.0 Å². The molecule has 106 valence electrons. The van der Waals surface area contributed by atoms with E-state index in [4.69, 9.17) is 4.74 Å². The molecule has 0 amide bonds. The third-order valence-corrected chi connectivity index (χ3v) is 3.21. The summed E-state index contributed by atoms with van der Waals surface area (Å²) in [6.45, 7) is 5.94. The van der Waals surface area contributed by atoms with Crippen LogP contribution < -0.4 is 10.1 Å². The van der Waals surface area contributed by atoms with Crippen LogP contribution in [0.15, 0.2) is 34.3 Å². The lowest BCUT2D eigenvalue weighted by atomic mass is 10.2. The highest BCUT2D eigenvalue weighted by Gasteiger charge is 2.09. The van der Waals surface area contributed by atoms with Crippen LogP contribution in [0, 0.1) is 6.92 Å². The standard InChI is InChI=1S/C14H18N4OS/c1-9(2)19-13-16-12(15-4)17-14(18-13)20-11-7-5-6-10(3)8-11/h5-9H,1-4H3,(H,15,16,17,18). The number of ether oxygens (including phenoxy) is 1. The molecule has 0 aliphatic heterocycles. The summed E-state index contributed by atoms with van der Waals surface area (Å²) in [4.78, 5) is 13.9. The van der Waals surface area contributed by atoms with Crippen LogP contribution in [0.1, 0.15) is 19.4 Å². The van der Waals surface area contributed by atoms with Crippen LogP contribution in [0.4, 0.5) is 5.95 Å². The Hall–Kier alpha value is -1.82. The monoisotopic (exact) mass is 290 g/mol. The van der Waals surface area contributed by atoms with E-state index < -0.39 is 0 Å². The third-order valence-electron chi connectivity index (χ3n) is 2.36. The van der Waals surface area contributed by atoms with E-state index in [2.05, 4.69) is 39.3 Å². The van der Waals surface area contributed by atoms with E-state index in [1.54, 1.807) is 7.05 Å². The van der Waals surface area contributed by atoms with E-state index in [-0.39, 0.29) is 6.10 Å². The van der Waals surface area contributed by atoms with Gasteiger partial charge in [0.1, 0.15) is 0 Å². The van der Waals surface area contributed by atoms with Crippen LogP contribution >= 0.6 is 11.8 Å². The molecule has 2 aromatic rings. The Morgan fingerprint density at radius 2 is 2.00 bits per heavy atom. The van der Waals surface area contributed by atoms with E-state index in [1.165, 1.54) is 17.3 Å². The lowest BCUT2D eigenvalue weighted by molar-refractivity contribution is 0.219. The number of anilines is 1. The van der Waals surface area contributed by atoms with Gasteiger partial charge in [0.05, 0.1) is 6.10 Å². The maximum atomic E-state index is 5.54. The number of aromatic nitrogens is 3. The molecule has 0 aliphatic rings. The third kappa shape index (κ3) is 4.09. The maximum Gasteiger partial charge on any atom is 0.322 e. The van der Waals surface area contributed by atoms with Gasteiger partial charge >= 0.3 is 6.01 Å². The predicted molar refractivity (Wildman–Crippen MR) is 80.4 cm³/mol. The molecule has 6 heteroatoms. The number of rotatable bonds is 5. The van der Waals surface area contributed by atoms with Crippen molar-refractivity contribution in [1.82, 2.24) is 15.0 Å². The van der Waals surface area contributed by atoms with Crippen molar-refractivity contribution in [3.8, 4) is 6.01 Å². The van der Waals surface area contributed by atoms with Gasteiger partial charge in [-0.15, -0.1) is 0 Å². The second-order valence-electron chi connectivity index (χ2n) is 4.56. The van der Waals surface area contributed by atoms with Crippen LogP contribution in [0.5, 0.6) is 6.01 Å². The van der Waals surface area contributed by atoms with Gasteiger partial charge in [-0.1, -0.05) is 17.7 Å². The normalized spacial score (nSPS) is 10.7. The molecule has 0 saturated heterocycles. The summed E-state index contributed by atoms with van der Waals surface area (Å²) in [5.41, 5.74) is 1.21. The van der Waals surface area contributed by atoms with Crippen LogP contribution in [0.2, 0.25) is 0 Å². The minimum Gasteiger partial charge on any atom is -0.461 e. The second kappa shape index (κ2) is 6.56. The first-order valence-corrected chi connectivity index (χ1v) is 7.23. The zero-order chi connectivity index (χ0) is 14.5. The lowest BCUT2D eigenvalue weighted by Crippen LogP contribution is -2.10. The number of hydrogen-bond acceptors (Lipinski definition) is 6. The van der Waals surface area contributed by atoms with Gasteiger partial charge in [0.25, 0.3) is 0 Å². The molecule has 0 unspecified atom stereocenters. The molecule has 20 heavy (non-hydrogen) atoms. The number of benzene rings is 1. The van der Waals surface area contributed by atoms with Crippen molar-refractivity contribution in [3.63, 3.8) is 0 Å². The highest BCUT2D eigenvalue weighted by molar-refractivity contribution is 7.99. The van der Waals surface area contributed by atoms with Crippen molar-refractivity contribution < 1.29 is 4.74 Å². The molecule has 0 fully saturated rings. The molecule has 1 aromatic heterocycles. The Labute approximate surface area is 123 Å². The minimum absolute atomic E-state index is 0.0268. The van der Waals surface area contributed by atoms with E-state index in [0.29, 0.717) is 17.1 Å². The Morgan fingerprint density at radius 1 is 1.20 bits per heavy atom. The fourth-order valence-electron chi connectivity index (χ4n) is 1.54. The second-order valence-corrected chi connectivity index (χ2v) is 5.60. The Kier molecular flexibility index (Phi) is 4.79. The van der Waals surface area contributed by atoms with Gasteiger partial charge in [-0.05, 0) is 44.7 Å². The number of aryl methyl sites for hydroxylation is 1. The maximum absolute atomic E-state index is 5.54. The van der Waals surface area contributed by atoms with Crippen molar-refractivity contribution in [3.05, 3.63) is 29.8 Å². The number of nitrogens with zero attached hydrogens (tertiary/aromatic N) is 3. The number of nitrogens with one attached hydrogen (secondary N) is 1. The minimum atomic E-state index is 0.0268. The van der Waals surface area contributed by atoms with Crippen LogP contribution in [-0.2, 0) is 0 Å². The Bertz CT molecular complexity index is 589. The van der Waals surface area contributed by atoms with Gasteiger partial charge in [0.2, 0.25) is 11.1 Å². The van der Waals surface area contributed by atoms with E-state index in [0.717, 1.165) is 4.90 Å². The fraction of sp³-hybridized carbons (Fsp3) is 0.357. The summed E-state index contributed by atoms with van der Waals surface area (Å²) in [7, 11) is 1.77. The molecule has 0 aliphatic carbocycles. The highest BCUT2D eigenvalue weighted by atomic mass is 32.2. The average Bonchev–Trinajstić information content (AvgIpc) is 2.37. The molecule has 1 heterocycles. The molecule has 1 aromatic carbocycles. The topological polar surface area (TPSA) is 59.9 Å². The molecule has 1 N–H and O–H groups in total. The summed E-state index contributed by atoms with van der Waals surface area (Å²) >= 11 is 1.49. The zero-order valence-electron chi connectivity index (χ0n) is 12.0. The highest BCUT2D eigenvalue weighted by Crippen LogP contribution is 2.27. The van der Waals surface area contributed by atoms with Gasteiger partial charge in [-0.3, -0.25) is 0 Å². The summed E-state index contributed by atoms with van der Waals surface area (Å²) in [5.74, 6) is 0.505. The molecule has 0 spiro atoms. The van der Waals surface area contributed by atoms with Gasteiger partial charge in [0, 0.05) is 11.9 Å². The van der Waals surface area contributed by atoms with Gasteiger partial charge in [0.15, 0.2) is 0 Å². The summed E-state index contributed by atoms with van der Waals surface area (Å²) in [6, 6.07) is 8.54. The smallest absolute Gasteiger partial charge is 0.322 e. The molecular formula is C14H18N4OS. The van der Waals surface area contributed by atoms with E-state index >= 15 is 0 Å². The molecule has 2 rings (SSSR count). The van der Waals surface area contributed by atoms with Crippen molar-refractivity contribution in [2.75, 3.05) is 12.4 Å². The van der Waals surface area contributed by atoms with Crippen molar-refractivity contribution in [2.45, 2.75) is 36.9 Å². The lowest BCUT2D eigenvalue weighted by Gasteiger charge is -2.10. The molecular weight excluding hydrogens is 272 g/mol. The van der Waals surface area contributed by atoms with Gasteiger partial charge in [-0.2, -0.15) is 15.0 Å². The number of hydrogen-bond donors (Lipinski definition) is 1. The van der Waals surface area contributed by atoms with Crippen molar-refractivity contribution in [2.24, 2.45) is 0 Å². The zero-order valence-corrected chi connectivity index (χ0v) is 12.9. The molecule has 0 atom stereocenters. The van der Waals surface area contributed by atoms with Crippen LogP contribution in [0.25, 0.3) is 0 Å². The summed E-state index contributed by atoms with van der Waals surface area (Å²) in [6.07, 6.45) is 0.0268. The summed E-state index contributed by atoms with van der Waals surface area (Å²) < 4.78 is 5.54. The van der Waals surface area contributed by atoms with Crippen LogP contribution in [-0.4, -0.2) is 28.1 Å². The molecule has 5 nitrogen and oxygen atoms in total.